The predicted octanol–water partition coefficient (Wildman–Crippen LogP) is 5.61. The lowest BCUT2D eigenvalue weighted by Gasteiger charge is -2.02. The maximum Gasteiger partial charge on any atom is 0.0377 e. The molecule has 112 valence electrons. The number of allylic oxidation sites excluding steroid dienone is 1. The molecule has 1 rings (SSSR count). The van der Waals surface area contributed by atoms with Crippen LogP contribution in [0.15, 0.2) is 12.2 Å². The Morgan fingerprint density at radius 2 is 1.26 bits per heavy atom. The Balaban J connectivity index is 1.64. The highest BCUT2D eigenvalue weighted by Crippen LogP contribution is 2.12. The van der Waals surface area contributed by atoms with Crippen LogP contribution in [0.2, 0.25) is 0 Å². The van der Waals surface area contributed by atoms with Gasteiger partial charge in [0.05, 0.1) is 0 Å². The Bertz CT molecular complexity index is 206. The molecule has 1 saturated heterocycles. The van der Waals surface area contributed by atoms with Crippen molar-refractivity contribution in [1.82, 2.24) is 5.32 Å². The van der Waals surface area contributed by atoms with Crippen molar-refractivity contribution < 1.29 is 0 Å². The van der Waals surface area contributed by atoms with Gasteiger partial charge in [-0.1, -0.05) is 89.7 Å². The average molecular weight is 265 g/mol. The first-order chi connectivity index (χ1) is 9.43. The van der Waals surface area contributed by atoms with Crippen molar-refractivity contribution >= 4 is 0 Å². The molecular formula is C18H35N. The molecule has 0 bridgehead atoms. The van der Waals surface area contributed by atoms with Crippen LogP contribution < -0.4 is 5.32 Å². The Morgan fingerprint density at radius 3 is 1.74 bits per heavy atom. The van der Waals surface area contributed by atoms with Gasteiger partial charge in [0.15, 0.2) is 0 Å². The van der Waals surface area contributed by atoms with Gasteiger partial charge in [-0.25, -0.2) is 0 Å². The minimum atomic E-state index is 0.720. The fraction of sp³-hybridized carbons (Fsp3) is 0.889. The van der Waals surface area contributed by atoms with Crippen molar-refractivity contribution in [2.24, 2.45) is 0 Å². The van der Waals surface area contributed by atoms with E-state index in [0.717, 1.165) is 6.04 Å². The molecule has 0 unspecified atom stereocenters. The second kappa shape index (κ2) is 12.7. The van der Waals surface area contributed by atoms with Crippen LogP contribution in [-0.2, 0) is 0 Å². The van der Waals surface area contributed by atoms with Crippen LogP contribution in [0.3, 0.4) is 0 Å². The zero-order valence-corrected chi connectivity index (χ0v) is 13.1. The van der Waals surface area contributed by atoms with Gasteiger partial charge in [-0.2, -0.15) is 0 Å². The van der Waals surface area contributed by atoms with Crippen molar-refractivity contribution in [3.63, 3.8) is 0 Å². The van der Waals surface area contributed by atoms with Crippen molar-refractivity contribution in [2.45, 2.75) is 96.4 Å². The van der Waals surface area contributed by atoms with Crippen molar-refractivity contribution in [2.75, 3.05) is 6.54 Å². The van der Waals surface area contributed by atoms with Gasteiger partial charge >= 0.3 is 0 Å². The highest BCUT2D eigenvalue weighted by atomic mass is 15.1. The molecule has 1 N–H and O–H groups in total. The third kappa shape index (κ3) is 12.5. The third-order valence-electron chi connectivity index (χ3n) is 4.03. The van der Waals surface area contributed by atoms with E-state index >= 15 is 0 Å². The zero-order chi connectivity index (χ0) is 13.6. The van der Waals surface area contributed by atoms with Gasteiger partial charge < -0.3 is 5.32 Å². The molecule has 0 radical (unpaired) electrons. The SMILES string of the molecule is CCCCCCCCCCCCCC/C=C\[C@H]1CN1. The molecule has 0 aliphatic carbocycles. The van der Waals surface area contributed by atoms with Crippen LogP contribution in [-0.4, -0.2) is 12.6 Å². The van der Waals surface area contributed by atoms with E-state index in [9.17, 15) is 0 Å². The normalized spacial score (nSPS) is 18.3. The minimum Gasteiger partial charge on any atom is -0.307 e. The molecule has 1 fully saturated rings. The molecule has 1 heterocycles. The lowest BCUT2D eigenvalue weighted by atomic mass is 10.0. The molecule has 1 heteroatoms. The lowest BCUT2D eigenvalue weighted by Crippen LogP contribution is -1.83. The molecule has 0 spiro atoms. The maximum atomic E-state index is 3.29. The first kappa shape index (κ1) is 16.8. The second-order valence-corrected chi connectivity index (χ2v) is 6.12. The van der Waals surface area contributed by atoms with Crippen LogP contribution in [0.4, 0.5) is 0 Å². The van der Waals surface area contributed by atoms with E-state index in [1.807, 2.05) is 0 Å². The maximum absolute atomic E-state index is 3.29. The van der Waals surface area contributed by atoms with Gasteiger partial charge in [0, 0.05) is 12.6 Å². The predicted molar refractivity (Wildman–Crippen MR) is 86.6 cm³/mol. The van der Waals surface area contributed by atoms with Gasteiger partial charge in [-0.3, -0.25) is 0 Å². The van der Waals surface area contributed by atoms with Gasteiger partial charge in [0.2, 0.25) is 0 Å². The number of nitrogens with one attached hydrogen (secondary N) is 1. The topological polar surface area (TPSA) is 21.9 Å². The smallest absolute Gasteiger partial charge is 0.0377 e. The van der Waals surface area contributed by atoms with Crippen molar-refractivity contribution in [3.05, 3.63) is 12.2 Å². The summed E-state index contributed by atoms with van der Waals surface area (Å²) in [6.07, 6.45) is 23.3. The summed E-state index contributed by atoms with van der Waals surface area (Å²) < 4.78 is 0. The van der Waals surface area contributed by atoms with Crippen LogP contribution in [0.25, 0.3) is 0 Å². The third-order valence-corrected chi connectivity index (χ3v) is 4.03. The summed E-state index contributed by atoms with van der Waals surface area (Å²) in [4.78, 5) is 0. The van der Waals surface area contributed by atoms with Crippen LogP contribution in [0, 0.1) is 0 Å². The van der Waals surface area contributed by atoms with Crippen LogP contribution in [0.5, 0.6) is 0 Å². The van der Waals surface area contributed by atoms with E-state index in [0.29, 0.717) is 0 Å². The molecule has 1 aliphatic heterocycles. The molecule has 0 amide bonds. The average Bonchev–Trinajstić information content (AvgIpc) is 3.23. The second-order valence-electron chi connectivity index (χ2n) is 6.12. The van der Waals surface area contributed by atoms with Gasteiger partial charge in [-0.15, -0.1) is 0 Å². The Kier molecular flexibility index (Phi) is 11.2. The lowest BCUT2D eigenvalue weighted by molar-refractivity contribution is 0.545. The van der Waals surface area contributed by atoms with Gasteiger partial charge in [0.25, 0.3) is 0 Å². The summed E-state index contributed by atoms with van der Waals surface area (Å²) in [7, 11) is 0. The summed E-state index contributed by atoms with van der Waals surface area (Å²) in [5.74, 6) is 0. The van der Waals surface area contributed by atoms with Crippen LogP contribution in [0.1, 0.15) is 90.4 Å². The summed E-state index contributed by atoms with van der Waals surface area (Å²) in [6, 6.07) is 0.720. The standard InChI is InChI=1S/C18H35N/c1-2-3-4-5-6-7-8-9-10-11-12-13-14-15-16-18-17-19-18/h15-16,18-19H,2-14,17H2,1H3/b16-15-/t18-/m0/s1. The fourth-order valence-corrected chi connectivity index (χ4v) is 2.57. The first-order valence-corrected chi connectivity index (χ1v) is 8.83. The molecule has 0 aromatic heterocycles. The molecule has 1 nitrogen and oxygen atoms in total. The number of hydrogen-bond acceptors (Lipinski definition) is 1. The van der Waals surface area contributed by atoms with Crippen molar-refractivity contribution in [1.29, 1.82) is 0 Å². The fourth-order valence-electron chi connectivity index (χ4n) is 2.57. The van der Waals surface area contributed by atoms with E-state index in [2.05, 4.69) is 24.4 Å². The van der Waals surface area contributed by atoms with E-state index < -0.39 is 0 Å². The molecule has 1 aliphatic rings. The van der Waals surface area contributed by atoms with Gasteiger partial charge in [0.1, 0.15) is 0 Å². The van der Waals surface area contributed by atoms with Crippen LogP contribution >= 0.6 is 0 Å². The molecule has 0 saturated carbocycles. The minimum absolute atomic E-state index is 0.720. The summed E-state index contributed by atoms with van der Waals surface area (Å²) in [5, 5.41) is 3.29. The molecule has 0 aromatic carbocycles. The van der Waals surface area contributed by atoms with Gasteiger partial charge in [-0.05, 0) is 12.8 Å². The van der Waals surface area contributed by atoms with E-state index in [1.165, 1.54) is 90.0 Å². The zero-order valence-electron chi connectivity index (χ0n) is 13.1. The monoisotopic (exact) mass is 265 g/mol. The van der Waals surface area contributed by atoms with E-state index in [4.69, 9.17) is 0 Å². The molecular weight excluding hydrogens is 230 g/mol. The number of hydrogen-bond donors (Lipinski definition) is 1. The molecule has 0 aromatic rings. The Labute approximate surface area is 121 Å². The Hall–Kier alpha value is -0.300. The van der Waals surface area contributed by atoms with Crippen molar-refractivity contribution in [3.8, 4) is 0 Å². The van der Waals surface area contributed by atoms with E-state index in [1.54, 1.807) is 0 Å². The largest absolute Gasteiger partial charge is 0.307 e. The summed E-state index contributed by atoms with van der Waals surface area (Å²) in [5.41, 5.74) is 0. The quantitative estimate of drug-likeness (QED) is 0.246. The molecule has 1 atom stereocenters. The summed E-state index contributed by atoms with van der Waals surface area (Å²) >= 11 is 0. The molecule has 19 heavy (non-hydrogen) atoms. The number of rotatable bonds is 14. The highest BCUT2D eigenvalue weighted by molar-refractivity contribution is 5.02. The van der Waals surface area contributed by atoms with E-state index in [-0.39, 0.29) is 0 Å². The summed E-state index contributed by atoms with van der Waals surface area (Å²) in [6.45, 7) is 3.49. The first-order valence-electron chi connectivity index (χ1n) is 8.83. The number of unbranched alkanes of at least 4 members (excludes halogenated alkanes) is 12. The highest BCUT2D eigenvalue weighted by Gasteiger charge is 2.14. The Morgan fingerprint density at radius 1 is 0.789 bits per heavy atom.